The Hall–Kier alpha value is -0.120. The van der Waals surface area contributed by atoms with Crippen LogP contribution >= 0.6 is 0 Å². The lowest BCUT2D eigenvalue weighted by Gasteiger charge is -2.62. The maximum absolute atomic E-state index is 6.67. The number of hydrogen-bond acceptors (Lipinski definition) is 3. The molecule has 0 aromatic rings. The van der Waals surface area contributed by atoms with Crippen LogP contribution in [0, 0.1) is 40.4 Å². The Balaban J connectivity index is 0.934. The quantitative estimate of drug-likeness (QED) is 0.540. The molecule has 0 radical (unpaired) electrons. The molecule has 9 aliphatic rings. The maximum atomic E-state index is 6.67. The smallest absolute Gasteiger partial charge is 0.0866 e. The number of rotatable bonds is 6. The summed E-state index contributed by atoms with van der Waals surface area (Å²) in [5.74, 6) is 5.16. The molecule has 4 bridgehead atoms. The molecule has 10 unspecified atom stereocenters. The van der Waals surface area contributed by atoms with Gasteiger partial charge in [-0.1, -0.05) is 0 Å². The van der Waals surface area contributed by atoms with Crippen LogP contribution in [0.3, 0.4) is 0 Å². The van der Waals surface area contributed by atoms with Crippen LogP contribution in [0.5, 0.6) is 0 Å². The van der Waals surface area contributed by atoms with Gasteiger partial charge in [0.2, 0.25) is 0 Å². The lowest BCUT2D eigenvalue weighted by Crippen LogP contribution is -2.54. The van der Waals surface area contributed by atoms with E-state index in [0.717, 1.165) is 36.2 Å². The van der Waals surface area contributed by atoms with E-state index in [1.165, 1.54) is 57.8 Å². The van der Waals surface area contributed by atoms with Gasteiger partial charge in [0.05, 0.1) is 37.1 Å². The maximum Gasteiger partial charge on any atom is 0.0866 e. The summed E-state index contributed by atoms with van der Waals surface area (Å²) in [4.78, 5) is 0. The number of fused-ring (bicyclic) bond motifs is 2. The molecule has 0 spiro atoms. The molecule has 2 saturated heterocycles. The highest BCUT2D eigenvalue weighted by Gasteiger charge is 2.60. The van der Waals surface area contributed by atoms with Gasteiger partial charge in [0.15, 0.2) is 0 Å². The highest BCUT2D eigenvalue weighted by Crippen LogP contribution is 2.69. The molecule has 3 heteroatoms. The second-order valence-electron chi connectivity index (χ2n) is 13.6. The largest absolute Gasteiger partial charge is 0.378 e. The number of epoxide rings is 2. The van der Waals surface area contributed by atoms with Gasteiger partial charge < -0.3 is 14.2 Å². The van der Waals surface area contributed by atoms with E-state index in [0.29, 0.717) is 41.3 Å². The highest BCUT2D eigenvalue weighted by atomic mass is 16.6. The molecule has 166 valence electrons. The van der Waals surface area contributed by atoms with E-state index < -0.39 is 0 Å². The molecule has 7 saturated carbocycles. The van der Waals surface area contributed by atoms with Crippen molar-refractivity contribution in [3.63, 3.8) is 0 Å². The average Bonchev–Trinajstić information content (AvgIpc) is 3.58. The van der Waals surface area contributed by atoms with Crippen LogP contribution in [0.1, 0.15) is 89.9 Å². The third-order valence-corrected chi connectivity index (χ3v) is 11.2. The minimum absolute atomic E-state index is 0.491. The van der Waals surface area contributed by atoms with E-state index in [-0.39, 0.29) is 0 Å². The second kappa shape index (κ2) is 6.26. The van der Waals surface area contributed by atoms with Gasteiger partial charge in [-0.25, -0.2) is 0 Å². The molecule has 2 heterocycles. The van der Waals surface area contributed by atoms with Gasteiger partial charge in [0.25, 0.3) is 0 Å². The molecule has 0 aromatic carbocycles. The zero-order chi connectivity index (χ0) is 19.5. The minimum atomic E-state index is 0.491. The summed E-state index contributed by atoms with van der Waals surface area (Å²) < 4.78 is 18.3. The molecular weight excluding hydrogens is 372 g/mol. The molecule has 7 aliphatic carbocycles. The highest BCUT2D eigenvalue weighted by molar-refractivity contribution is 5.10. The van der Waals surface area contributed by atoms with Crippen LogP contribution in [0.25, 0.3) is 0 Å². The van der Waals surface area contributed by atoms with Gasteiger partial charge in [0.1, 0.15) is 0 Å². The first-order valence-corrected chi connectivity index (χ1v) is 13.6. The van der Waals surface area contributed by atoms with Gasteiger partial charge in [-0.15, -0.1) is 0 Å². The third-order valence-electron chi connectivity index (χ3n) is 11.2. The zero-order valence-electron chi connectivity index (χ0n) is 18.6. The SMILES string of the molecule is C1C2CC3(COC4CCC5OC5C4)CC1CC(CC1CC1C1CCC4OC4C1)(C2)C3. The van der Waals surface area contributed by atoms with Crippen LogP contribution in [-0.2, 0) is 14.2 Å². The second-order valence-corrected chi connectivity index (χ2v) is 13.6. The fraction of sp³-hybridized carbons (Fsp3) is 1.00. The van der Waals surface area contributed by atoms with Crippen LogP contribution in [-0.4, -0.2) is 37.1 Å². The topological polar surface area (TPSA) is 34.3 Å². The fourth-order valence-corrected chi connectivity index (χ4v) is 10.3. The molecule has 0 amide bonds. The predicted octanol–water partition coefficient (Wildman–Crippen LogP) is 5.50. The van der Waals surface area contributed by atoms with Gasteiger partial charge in [-0.3, -0.25) is 0 Å². The Bertz CT molecular complexity index is 705. The van der Waals surface area contributed by atoms with Crippen molar-refractivity contribution in [2.45, 2.75) is 120 Å². The molecular formula is C27H40O3. The molecule has 0 N–H and O–H groups in total. The van der Waals surface area contributed by atoms with Crippen molar-refractivity contribution in [2.24, 2.45) is 40.4 Å². The summed E-state index contributed by atoms with van der Waals surface area (Å²) in [6.07, 6.45) is 23.1. The monoisotopic (exact) mass is 412 g/mol. The Labute approximate surface area is 182 Å². The van der Waals surface area contributed by atoms with E-state index in [4.69, 9.17) is 14.2 Å². The van der Waals surface area contributed by atoms with E-state index in [9.17, 15) is 0 Å². The van der Waals surface area contributed by atoms with E-state index >= 15 is 0 Å². The van der Waals surface area contributed by atoms with Gasteiger partial charge in [-0.05, 0) is 124 Å². The van der Waals surface area contributed by atoms with Gasteiger partial charge in [-0.2, -0.15) is 0 Å². The lowest BCUT2D eigenvalue weighted by molar-refractivity contribution is -0.154. The van der Waals surface area contributed by atoms with Crippen LogP contribution in [0.2, 0.25) is 0 Å². The lowest BCUT2D eigenvalue weighted by atomic mass is 9.43. The molecule has 0 aromatic heterocycles. The summed E-state index contributed by atoms with van der Waals surface area (Å²) in [5, 5.41) is 0. The van der Waals surface area contributed by atoms with Crippen molar-refractivity contribution in [2.75, 3.05) is 6.61 Å². The summed E-state index contributed by atoms with van der Waals surface area (Å²) in [7, 11) is 0. The normalized spacial score (nSPS) is 62.0. The summed E-state index contributed by atoms with van der Waals surface area (Å²) in [6, 6.07) is 0. The van der Waals surface area contributed by atoms with Crippen LogP contribution in [0.4, 0.5) is 0 Å². The molecule has 10 atom stereocenters. The standard InChI is InChI=1S/C27H40O3/c1-3-22-24(29-22)7-18(1)21-6-19(21)13-26-9-16-5-17(10-26)12-27(11-16,14-26)15-28-20-2-4-23-25(8-20)30-23/h16-25H,1-15H2. The van der Waals surface area contributed by atoms with Gasteiger partial charge in [0, 0.05) is 6.42 Å². The summed E-state index contributed by atoms with van der Waals surface area (Å²) in [6.45, 7) is 1.07. The average molecular weight is 413 g/mol. The van der Waals surface area contributed by atoms with Crippen molar-refractivity contribution in [3.8, 4) is 0 Å². The third kappa shape index (κ3) is 3.08. The number of hydrogen-bond donors (Lipinski definition) is 0. The fourth-order valence-electron chi connectivity index (χ4n) is 10.3. The van der Waals surface area contributed by atoms with Crippen molar-refractivity contribution < 1.29 is 14.2 Å². The van der Waals surface area contributed by atoms with Crippen molar-refractivity contribution >= 4 is 0 Å². The van der Waals surface area contributed by atoms with Crippen molar-refractivity contribution in [3.05, 3.63) is 0 Å². The summed E-state index contributed by atoms with van der Waals surface area (Å²) in [5.41, 5.74) is 1.23. The first-order valence-electron chi connectivity index (χ1n) is 13.6. The number of ether oxygens (including phenoxy) is 3. The van der Waals surface area contributed by atoms with Crippen molar-refractivity contribution in [1.82, 2.24) is 0 Å². The van der Waals surface area contributed by atoms with E-state index in [1.807, 2.05) is 0 Å². The molecule has 30 heavy (non-hydrogen) atoms. The summed E-state index contributed by atoms with van der Waals surface area (Å²) >= 11 is 0. The van der Waals surface area contributed by atoms with E-state index in [2.05, 4.69) is 0 Å². The van der Waals surface area contributed by atoms with E-state index in [1.54, 1.807) is 32.1 Å². The first kappa shape index (κ1) is 18.3. The van der Waals surface area contributed by atoms with Crippen LogP contribution < -0.4 is 0 Å². The minimum Gasteiger partial charge on any atom is -0.378 e. The molecule has 9 fully saturated rings. The predicted molar refractivity (Wildman–Crippen MR) is 114 cm³/mol. The zero-order valence-corrected chi connectivity index (χ0v) is 18.6. The van der Waals surface area contributed by atoms with Crippen LogP contribution in [0.15, 0.2) is 0 Å². The Kier molecular flexibility index (Phi) is 3.82. The Morgan fingerprint density at radius 3 is 2.20 bits per heavy atom. The first-order chi connectivity index (χ1) is 14.6. The molecule has 3 nitrogen and oxygen atoms in total. The van der Waals surface area contributed by atoms with Crippen molar-refractivity contribution in [1.29, 1.82) is 0 Å². The molecule has 2 aliphatic heterocycles. The molecule has 9 rings (SSSR count). The Morgan fingerprint density at radius 2 is 1.43 bits per heavy atom. The van der Waals surface area contributed by atoms with Gasteiger partial charge >= 0.3 is 0 Å². The Morgan fingerprint density at radius 1 is 0.700 bits per heavy atom.